The average Bonchev–Trinajstić information content (AvgIpc) is 2.80. The van der Waals surface area contributed by atoms with Gasteiger partial charge < -0.3 is 0 Å². The zero-order valence-electron chi connectivity index (χ0n) is 17.3. The van der Waals surface area contributed by atoms with Gasteiger partial charge in [-0.05, 0) is 35.9 Å². The molecule has 0 saturated carbocycles. The molecule has 3 aromatic rings. The summed E-state index contributed by atoms with van der Waals surface area (Å²) in [6, 6.07) is 7.57. The number of halogens is 5. The van der Waals surface area contributed by atoms with Gasteiger partial charge in [0.2, 0.25) is 5.82 Å². The number of hydrogen-bond donors (Lipinski definition) is 0. The van der Waals surface area contributed by atoms with Crippen molar-refractivity contribution >= 4 is 32.7 Å². The van der Waals surface area contributed by atoms with E-state index in [4.69, 9.17) is 0 Å². The molecule has 4 rings (SSSR count). The monoisotopic (exact) mass is 499 g/mol. The first kappa shape index (κ1) is 23.8. The molecule has 0 saturated heterocycles. The van der Waals surface area contributed by atoms with Crippen LogP contribution in [0.15, 0.2) is 35.2 Å². The maximum Gasteiger partial charge on any atom is 0.324 e. The summed E-state index contributed by atoms with van der Waals surface area (Å²) in [6.45, 7) is 1.95. The number of carbonyl (C=O) groups is 2. The van der Waals surface area contributed by atoms with Gasteiger partial charge in [-0.3, -0.25) is 9.59 Å². The van der Waals surface area contributed by atoms with Crippen molar-refractivity contribution in [2.75, 3.05) is 0 Å². The Morgan fingerprint density at radius 2 is 1.44 bits per heavy atom. The number of benzene rings is 3. The molecule has 34 heavy (non-hydrogen) atoms. The van der Waals surface area contributed by atoms with E-state index in [1.54, 1.807) is 12.1 Å². The lowest BCUT2D eigenvalue weighted by atomic mass is 9.92. The Balaban J connectivity index is 1.83. The van der Waals surface area contributed by atoms with Crippen molar-refractivity contribution in [1.82, 2.24) is 5.06 Å². The lowest BCUT2D eigenvalue weighted by Gasteiger charge is -2.26. The lowest BCUT2D eigenvalue weighted by molar-refractivity contribution is -0.0159. The van der Waals surface area contributed by atoms with Gasteiger partial charge in [-0.1, -0.05) is 31.5 Å². The normalized spacial score (nSPS) is 13.8. The molecule has 0 aromatic heterocycles. The van der Waals surface area contributed by atoms with Gasteiger partial charge in [-0.25, -0.2) is 22.0 Å². The highest BCUT2D eigenvalue weighted by atomic mass is 32.2. The van der Waals surface area contributed by atoms with E-state index in [1.807, 2.05) is 6.92 Å². The molecule has 0 unspecified atom stereocenters. The minimum atomic E-state index is -5.86. The number of rotatable bonds is 6. The van der Waals surface area contributed by atoms with E-state index in [0.29, 0.717) is 17.4 Å². The quantitative estimate of drug-likeness (QED) is 0.211. The molecular formula is C22H14F5NO5S. The van der Waals surface area contributed by atoms with Gasteiger partial charge in [0.05, 0.1) is 11.1 Å². The third-order valence-electron chi connectivity index (χ3n) is 5.28. The molecule has 0 aliphatic carbocycles. The van der Waals surface area contributed by atoms with Crippen LogP contribution >= 0.6 is 0 Å². The molecule has 1 heterocycles. The largest absolute Gasteiger partial charge is 0.324 e. The van der Waals surface area contributed by atoms with E-state index < -0.39 is 55.9 Å². The van der Waals surface area contributed by atoms with Crippen LogP contribution < -0.4 is 0 Å². The minimum absolute atomic E-state index is 0.119. The zero-order chi connectivity index (χ0) is 24.9. The summed E-state index contributed by atoms with van der Waals surface area (Å²) in [5.41, 5.74) is 0.430. The van der Waals surface area contributed by atoms with Gasteiger partial charge in [0, 0.05) is 5.39 Å². The first-order chi connectivity index (χ1) is 16.0. The predicted octanol–water partition coefficient (Wildman–Crippen LogP) is 4.79. The van der Waals surface area contributed by atoms with Gasteiger partial charge in [-0.15, -0.1) is 9.35 Å². The van der Waals surface area contributed by atoms with E-state index >= 15 is 0 Å². The fourth-order valence-corrected chi connectivity index (χ4v) is 4.70. The highest BCUT2D eigenvalue weighted by molar-refractivity contribution is 7.86. The van der Waals surface area contributed by atoms with Crippen LogP contribution in [-0.4, -0.2) is 25.3 Å². The van der Waals surface area contributed by atoms with Crippen LogP contribution in [0.25, 0.3) is 10.8 Å². The number of carbonyl (C=O) groups excluding carboxylic acids is 2. The zero-order valence-corrected chi connectivity index (χ0v) is 18.1. The topological polar surface area (TPSA) is 80.8 Å². The summed E-state index contributed by atoms with van der Waals surface area (Å²) >= 11 is 0. The van der Waals surface area contributed by atoms with Crippen LogP contribution in [0.3, 0.4) is 0 Å². The maximum absolute atomic E-state index is 14.1. The SMILES string of the molecule is CCCCc1cc2c3c(cccc3c1)C(=O)N(OS(=O)(=O)c1c(F)c(F)c(F)c(F)c1F)C2=O. The Bertz CT molecular complexity index is 1460. The molecular weight excluding hydrogens is 485 g/mol. The second-order valence-electron chi connectivity index (χ2n) is 7.48. The summed E-state index contributed by atoms with van der Waals surface area (Å²) in [4.78, 5) is 23.6. The fourth-order valence-electron chi connectivity index (χ4n) is 3.68. The number of hydroxylamine groups is 2. The van der Waals surface area contributed by atoms with E-state index in [0.717, 1.165) is 12.8 Å². The number of nitrogens with zero attached hydrogens (tertiary/aromatic N) is 1. The Morgan fingerprint density at radius 1 is 0.853 bits per heavy atom. The maximum atomic E-state index is 14.1. The van der Waals surface area contributed by atoms with Gasteiger partial charge in [0.1, 0.15) is 0 Å². The minimum Gasteiger partial charge on any atom is -0.266 e. The molecule has 0 atom stereocenters. The molecule has 0 fully saturated rings. The fraction of sp³-hybridized carbons (Fsp3) is 0.182. The van der Waals surface area contributed by atoms with Crippen LogP contribution in [-0.2, 0) is 20.8 Å². The number of imide groups is 1. The standard InChI is InChI=1S/C22H14F5NO5S/c1-2-3-5-10-8-11-6-4-7-12-14(11)13(9-10)22(30)28(21(12)29)33-34(31,32)20-18(26)16(24)15(23)17(25)19(20)27/h4,6-9H,2-3,5H2,1H3. The number of unbranched alkanes of at least 4 members (excludes halogenated alkanes) is 1. The number of hydrogen-bond acceptors (Lipinski definition) is 5. The molecule has 1 aliphatic rings. The van der Waals surface area contributed by atoms with Crippen molar-refractivity contribution in [3.8, 4) is 0 Å². The first-order valence-corrected chi connectivity index (χ1v) is 11.3. The van der Waals surface area contributed by atoms with E-state index in [2.05, 4.69) is 4.28 Å². The summed E-state index contributed by atoms with van der Waals surface area (Å²) in [7, 11) is -5.86. The van der Waals surface area contributed by atoms with Crippen LogP contribution in [0.2, 0.25) is 0 Å². The molecule has 0 N–H and O–H groups in total. The second kappa shape index (κ2) is 8.44. The Kier molecular flexibility index (Phi) is 5.90. The number of aryl methyl sites for hydroxylation is 1. The third-order valence-corrected chi connectivity index (χ3v) is 6.48. The van der Waals surface area contributed by atoms with E-state index in [9.17, 15) is 40.0 Å². The molecule has 6 nitrogen and oxygen atoms in total. The van der Waals surface area contributed by atoms with Crippen molar-refractivity contribution in [1.29, 1.82) is 0 Å². The first-order valence-electron chi connectivity index (χ1n) is 9.90. The third kappa shape index (κ3) is 3.62. The van der Waals surface area contributed by atoms with Gasteiger partial charge in [0.25, 0.3) is 11.8 Å². The summed E-state index contributed by atoms with van der Waals surface area (Å²) in [6.07, 6.45) is 2.18. The van der Waals surface area contributed by atoms with Crippen molar-refractivity contribution in [2.45, 2.75) is 31.1 Å². The molecule has 0 spiro atoms. The summed E-state index contributed by atoms with van der Waals surface area (Å²) in [5.74, 6) is -15.6. The molecule has 0 radical (unpaired) electrons. The van der Waals surface area contributed by atoms with Gasteiger partial charge in [-0.2, -0.15) is 8.42 Å². The lowest BCUT2D eigenvalue weighted by Crippen LogP contribution is -2.42. The predicted molar refractivity (Wildman–Crippen MR) is 108 cm³/mol. The van der Waals surface area contributed by atoms with Crippen LogP contribution in [0.5, 0.6) is 0 Å². The molecule has 2 amide bonds. The number of amides is 2. The van der Waals surface area contributed by atoms with Crippen molar-refractivity contribution in [3.63, 3.8) is 0 Å². The van der Waals surface area contributed by atoms with Gasteiger partial charge >= 0.3 is 10.1 Å². The van der Waals surface area contributed by atoms with Crippen LogP contribution in [0.4, 0.5) is 22.0 Å². The molecule has 178 valence electrons. The highest BCUT2D eigenvalue weighted by Crippen LogP contribution is 2.34. The Morgan fingerprint density at radius 3 is 2.06 bits per heavy atom. The van der Waals surface area contributed by atoms with Crippen molar-refractivity contribution < 1.29 is 44.2 Å². The van der Waals surface area contributed by atoms with Crippen LogP contribution in [0.1, 0.15) is 46.0 Å². The highest BCUT2D eigenvalue weighted by Gasteiger charge is 2.41. The van der Waals surface area contributed by atoms with E-state index in [-0.39, 0.29) is 21.6 Å². The van der Waals surface area contributed by atoms with Crippen molar-refractivity contribution in [3.05, 3.63) is 76.1 Å². The second-order valence-corrected chi connectivity index (χ2v) is 8.95. The summed E-state index contributed by atoms with van der Waals surface area (Å²) in [5, 5.41) is 0.463. The van der Waals surface area contributed by atoms with Crippen molar-refractivity contribution in [2.24, 2.45) is 0 Å². The smallest absolute Gasteiger partial charge is 0.266 e. The molecule has 3 aromatic carbocycles. The molecule has 1 aliphatic heterocycles. The van der Waals surface area contributed by atoms with Gasteiger partial charge in [0.15, 0.2) is 28.2 Å². The average molecular weight is 499 g/mol. The summed E-state index contributed by atoms with van der Waals surface area (Å²) < 4.78 is 97.9. The van der Waals surface area contributed by atoms with E-state index in [1.165, 1.54) is 18.2 Å². The molecule has 0 bridgehead atoms. The van der Waals surface area contributed by atoms with Crippen LogP contribution in [0, 0.1) is 29.1 Å². The Labute approximate surface area is 189 Å². The molecule has 12 heteroatoms. The Hall–Kier alpha value is -3.38.